The molecule has 0 saturated carbocycles. The lowest BCUT2D eigenvalue weighted by Gasteiger charge is -1.93. The van der Waals surface area contributed by atoms with Gasteiger partial charge in [-0.2, -0.15) is 5.10 Å². The Morgan fingerprint density at radius 1 is 1.32 bits per heavy atom. The highest BCUT2D eigenvalue weighted by Gasteiger charge is 2.19. The smallest absolute Gasteiger partial charge is 0.231 e. The molecule has 0 bridgehead atoms. The van der Waals surface area contributed by atoms with E-state index < -0.39 is 0 Å². The van der Waals surface area contributed by atoms with E-state index in [1.165, 1.54) is 0 Å². The molecule has 0 amide bonds. The van der Waals surface area contributed by atoms with E-state index in [0.717, 1.165) is 5.69 Å². The van der Waals surface area contributed by atoms with Crippen LogP contribution in [0.15, 0.2) is 28.8 Å². The Labute approximate surface area is 109 Å². The lowest BCUT2D eigenvalue weighted by molar-refractivity contribution is 0.101. The summed E-state index contributed by atoms with van der Waals surface area (Å²) < 4.78 is 7.17. The van der Waals surface area contributed by atoms with E-state index in [4.69, 9.17) is 4.42 Å². The third-order valence-corrected chi connectivity index (χ3v) is 2.99. The predicted molar refractivity (Wildman–Crippen MR) is 70.1 cm³/mol. The number of aryl methyl sites for hydroxylation is 3. The van der Waals surface area contributed by atoms with Gasteiger partial charge in [0, 0.05) is 25.0 Å². The van der Waals surface area contributed by atoms with Gasteiger partial charge in [0.2, 0.25) is 5.78 Å². The van der Waals surface area contributed by atoms with Crippen LogP contribution in [0.25, 0.3) is 11.1 Å². The lowest BCUT2D eigenvalue weighted by atomic mass is 10.1. The minimum atomic E-state index is -0.166. The molecule has 0 aliphatic rings. The number of hydrogen-bond acceptors (Lipinski definition) is 4. The van der Waals surface area contributed by atoms with E-state index in [9.17, 15) is 4.79 Å². The summed E-state index contributed by atoms with van der Waals surface area (Å²) in [6.07, 6.45) is 1.70. The van der Waals surface area contributed by atoms with Crippen molar-refractivity contribution in [1.29, 1.82) is 0 Å². The summed E-state index contributed by atoms with van der Waals surface area (Å²) in [6, 6.07) is 5.36. The highest BCUT2D eigenvalue weighted by atomic mass is 16.3. The molecule has 96 valence electrons. The van der Waals surface area contributed by atoms with Crippen LogP contribution < -0.4 is 0 Å². The number of pyridine rings is 1. The average Bonchev–Trinajstić information content (AvgIpc) is 2.91. The van der Waals surface area contributed by atoms with Crippen LogP contribution in [0.1, 0.15) is 27.5 Å². The minimum Gasteiger partial charge on any atom is -0.451 e. The molecule has 0 atom stereocenters. The molecular weight excluding hydrogens is 242 g/mol. The van der Waals surface area contributed by atoms with Gasteiger partial charge in [-0.25, -0.2) is 4.98 Å². The summed E-state index contributed by atoms with van der Waals surface area (Å²) in [5.41, 5.74) is 3.46. The Hall–Kier alpha value is -2.43. The molecule has 0 N–H and O–H groups in total. The van der Waals surface area contributed by atoms with Crippen LogP contribution in [-0.2, 0) is 7.05 Å². The van der Waals surface area contributed by atoms with Crippen molar-refractivity contribution in [3.05, 3.63) is 47.1 Å². The number of aromatic nitrogens is 3. The van der Waals surface area contributed by atoms with E-state index in [2.05, 4.69) is 10.1 Å². The molecule has 0 spiro atoms. The Morgan fingerprint density at radius 3 is 2.79 bits per heavy atom. The molecule has 5 heteroatoms. The standard InChI is InChI=1S/C14H13N3O2/c1-8-4-5-12-11(15-8)6-13(19-12)14(18)10-7-17(3)16-9(10)2/h4-7H,1-3H3. The van der Waals surface area contributed by atoms with E-state index in [-0.39, 0.29) is 5.78 Å². The first-order valence-electron chi connectivity index (χ1n) is 5.97. The zero-order valence-corrected chi connectivity index (χ0v) is 11.0. The molecule has 3 heterocycles. The summed E-state index contributed by atoms with van der Waals surface area (Å²) >= 11 is 0. The van der Waals surface area contributed by atoms with Gasteiger partial charge >= 0.3 is 0 Å². The van der Waals surface area contributed by atoms with Gasteiger partial charge in [0.25, 0.3) is 0 Å². The lowest BCUT2D eigenvalue weighted by Crippen LogP contribution is -1.99. The fourth-order valence-corrected chi connectivity index (χ4v) is 2.09. The Morgan fingerprint density at radius 2 is 2.11 bits per heavy atom. The van der Waals surface area contributed by atoms with Crippen LogP contribution >= 0.6 is 0 Å². The SMILES string of the molecule is Cc1ccc2oc(C(=O)c3cn(C)nc3C)cc2n1. The molecule has 0 radical (unpaired) electrons. The van der Waals surface area contributed by atoms with Gasteiger partial charge in [-0.1, -0.05) is 0 Å². The van der Waals surface area contributed by atoms with Crippen molar-refractivity contribution in [2.75, 3.05) is 0 Å². The van der Waals surface area contributed by atoms with Crippen LogP contribution in [0.2, 0.25) is 0 Å². The summed E-state index contributed by atoms with van der Waals surface area (Å²) in [4.78, 5) is 16.7. The van der Waals surface area contributed by atoms with Crippen molar-refractivity contribution in [1.82, 2.24) is 14.8 Å². The molecule has 3 rings (SSSR count). The van der Waals surface area contributed by atoms with Crippen molar-refractivity contribution in [3.63, 3.8) is 0 Å². The topological polar surface area (TPSA) is 60.9 Å². The van der Waals surface area contributed by atoms with Crippen molar-refractivity contribution < 1.29 is 9.21 Å². The van der Waals surface area contributed by atoms with Crippen LogP contribution in [-0.4, -0.2) is 20.5 Å². The van der Waals surface area contributed by atoms with Gasteiger partial charge < -0.3 is 4.42 Å². The summed E-state index contributed by atoms with van der Waals surface area (Å²) in [7, 11) is 1.79. The molecule has 0 saturated heterocycles. The Bertz CT molecular complexity index is 783. The normalized spacial score (nSPS) is 11.1. The van der Waals surface area contributed by atoms with Gasteiger partial charge in [0.15, 0.2) is 11.3 Å². The molecule has 3 aromatic rings. The molecule has 0 aliphatic carbocycles. The average molecular weight is 255 g/mol. The molecule has 0 aliphatic heterocycles. The second-order valence-electron chi connectivity index (χ2n) is 4.58. The first kappa shape index (κ1) is 11.6. The van der Waals surface area contributed by atoms with Crippen LogP contribution in [0, 0.1) is 13.8 Å². The molecule has 0 unspecified atom stereocenters. The van der Waals surface area contributed by atoms with Crippen molar-refractivity contribution >= 4 is 16.9 Å². The number of nitrogens with zero attached hydrogens (tertiary/aromatic N) is 3. The number of ketones is 1. The number of carbonyl (C=O) groups excluding carboxylic acids is 1. The predicted octanol–water partition coefficient (Wildman–Crippen LogP) is 2.41. The number of hydrogen-bond donors (Lipinski definition) is 0. The van der Waals surface area contributed by atoms with Crippen LogP contribution in [0.3, 0.4) is 0 Å². The first-order valence-corrected chi connectivity index (χ1v) is 5.97. The van der Waals surface area contributed by atoms with Crippen molar-refractivity contribution in [2.24, 2.45) is 7.05 Å². The third-order valence-electron chi connectivity index (χ3n) is 2.99. The number of furan rings is 1. The van der Waals surface area contributed by atoms with Gasteiger partial charge in [0.1, 0.15) is 5.52 Å². The van der Waals surface area contributed by atoms with E-state index in [1.807, 2.05) is 19.1 Å². The van der Waals surface area contributed by atoms with E-state index in [0.29, 0.717) is 28.1 Å². The summed E-state index contributed by atoms with van der Waals surface area (Å²) in [5.74, 6) is 0.130. The maximum atomic E-state index is 12.4. The van der Waals surface area contributed by atoms with Gasteiger partial charge in [0.05, 0.1) is 11.3 Å². The third kappa shape index (κ3) is 1.93. The van der Waals surface area contributed by atoms with Gasteiger partial charge in [-0.05, 0) is 26.0 Å². The fraction of sp³-hybridized carbons (Fsp3) is 0.214. The summed E-state index contributed by atoms with van der Waals surface area (Å²) in [6.45, 7) is 3.71. The Balaban J connectivity index is 2.09. The van der Waals surface area contributed by atoms with Crippen LogP contribution in [0.5, 0.6) is 0 Å². The van der Waals surface area contributed by atoms with Crippen molar-refractivity contribution in [3.8, 4) is 0 Å². The molecule has 5 nitrogen and oxygen atoms in total. The van der Waals surface area contributed by atoms with Crippen molar-refractivity contribution in [2.45, 2.75) is 13.8 Å². The molecule has 19 heavy (non-hydrogen) atoms. The van der Waals surface area contributed by atoms with Gasteiger partial charge in [-0.15, -0.1) is 0 Å². The van der Waals surface area contributed by atoms with E-state index >= 15 is 0 Å². The number of carbonyl (C=O) groups is 1. The maximum Gasteiger partial charge on any atom is 0.231 e. The molecule has 0 fully saturated rings. The van der Waals surface area contributed by atoms with Crippen LogP contribution in [0.4, 0.5) is 0 Å². The molecular formula is C14H13N3O2. The highest BCUT2D eigenvalue weighted by Crippen LogP contribution is 2.21. The maximum absolute atomic E-state index is 12.4. The second-order valence-corrected chi connectivity index (χ2v) is 4.58. The fourth-order valence-electron chi connectivity index (χ4n) is 2.09. The second kappa shape index (κ2) is 4.05. The first-order chi connectivity index (χ1) is 9.04. The Kier molecular flexibility index (Phi) is 2.48. The van der Waals surface area contributed by atoms with Gasteiger partial charge in [-0.3, -0.25) is 9.48 Å². The molecule has 3 aromatic heterocycles. The zero-order chi connectivity index (χ0) is 13.6. The largest absolute Gasteiger partial charge is 0.451 e. The molecule has 0 aromatic carbocycles. The summed E-state index contributed by atoms with van der Waals surface area (Å²) in [5, 5.41) is 4.16. The monoisotopic (exact) mass is 255 g/mol. The highest BCUT2D eigenvalue weighted by molar-refractivity contribution is 6.09. The number of fused-ring (bicyclic) bond motifs is 1. The zero-order valence-electron chi connectivity index (χ0n) is 11.0. The quantitative estimate of drug-likeness (QED) is 0.660. The number of rotatable bonds is 2. The minimum absolute atomic E-state index is 0.166. The van der Waals surface area contributed by atoms with E-state index in [1.54, 1.807) is 30.9 Å².